The maximum Gasteiger partial charge on any atom is 0.335 e. The van der Waals surface area contributed by atoms with E-state index in [2.05, 4.69) is 11.3 Å². The SMILES string of the molecule is C=CCc1ccc(OC(=O)CC(O)C(=O)OC)c(OC)c1. The minimum absolute atomic E-state index is 0.215. The van der Waals surface area contributed by atoms with Gasteiger partial charge in [0.05, 0.1) is 20.6 Å². The molecule has 1 unspecified atom stereocenters. The summed E-state index contributed by atoms with van der Waals surface area (Å²) in [6, 6.07) is 5.07. The molecular formula is C15H18O6. The average molecular weight is 294 g/mol. The van der Waals surface area contributed by atoms with Crippen molar-refractivity contribution < 1.29 is 28.9 Å². The van der Waals surface area contributed by atoms with Crippen LogP contribution in [0.2, 0.25) is 0 Å². The number of aliphatic hydroxyl groups is 1. The summed E-state index contributed by atoms with van der Waals surface area (Å²) in [7, 11) is 2.58. The fourth-order valence-corrected chi connectivity index (χ4v) is 1.63. The summed E-state index contributed by atoms with van der Waals surface area (Å²) in [6.45, 7) is 3.64. The Morgan fingerprint density at radius 1 is 1.33 bits per heavy atom. The molecule has 6 nitrogen and oxygen atoms in total. The van der Waals surface area contributed by atoms with Crippen molar-refractivity contribution in [2.24, 2.45) is 0 Å². The molecule has 0 aromatic heterocycles. The molecule has 0 spiro atoms. The summed E-state index contributed by atoms with van der Waals surface area (Å²) in [4.78, 5) is 22.7. The summed E-state index contributed by atoms with van der Waals surface area (Å²) in [6.07, 6.45) is 0.358. The van der Waals surface area contributed by atoms with Crippen LogP contribution in [0.15, 0.2) is 30.9 Å². The molecule has 0 aliphatic carbocycles. The fourth-order valence-electron chi connectivity index (χ4n) is 1.63. The van der Waals surface area contributed by atoms with E-state index in [1.165, 1.54) is 7.11 Å². The van der Waals surface area contributed by atoms with Crippen LogP contribution in [-0.2, 0) is 20.7 Å². The molecule has 6 heteroatoms. The summed E-state index contributed by atoms with van der Waals surface area (Å²) in [5.74, 6) is -1.05. The van der Waals surface area contributed by atoms with Crippen molar-refractivity contribution in [2.45, 2.75) is 18.9 Å². The standard InChI is InChI=1S/C15H18O6/c1-4-5-10-6-7-12(13(8-10)19-2)21-14(17)9-11(16)15(18)20-3/h4,6-8,11,16H,1,5,9H2,2-3H3. The molecule has 1 aromatic rings. The van der Waals surface area contributed by atoms with E-state index in [0.29, 0.717) is 12.2 Å². The van der Waals surface area contributed by atoms with Gasteiger partial charge in [0.15, 0.2) is 17.6 Å². The number of aliphatic hydroxyl groups excluding tert-OH is 1. The number of rotatable bonds is 7. The minimum atomic E-state index is -1.55. The molecule has 21 heavy (non-hydrogen) atoms. The lowest BCUT2D eigenvalue weighted by Gasteiger charge is -2.12. The highest BCUT2D eigenvalue weighted by molar-refractivity contribution is 5.82. The van der Waals surface area contributed by atoms with Gasteiger partial charge in [-0.2, -0.15) is 0 Å². The van der Waals surface area contributed by atoms with Crippen molar-refractivity contribution in [3.05, 3.63) is 36.4 Å². The average Bonchev–Trinajstić information content (AvgIpc) is 2.47. The number of allylic oxidation sites excluding steroid dienone is 1. The molecule has 0 radical (unpaired) electrons. The number of carbonyl (C=O) groups is 2. The molecule has 1 N–H and O–H groups in total. The first-order valence-electron chi connectivity index (χ1n) is 6.26. The fraction of sp³-hybridized carbons (Fsp3) is 0.333. The summed E-state index contributed by atoms with van der Waals surface area (Å²) >= 11 is 0. The van der Waals surface area contributed by atoms with Crippen molar-refractivity contribution >= 4 is 11.9 Å². The minimum Gasteiger partial charge on any atom is -0.493 e. The second-order valence-corrected chi connectivity index (χ2v) is 4.20. The molecule has 0 saturated heterocycles. The molecule has 0 heterocycles. The van der Waals surface area contributed by atoms with Gasteiger partial charge in [0, 0.05) is 0 Å². The van der Waals surface area contributed by atoms with Crippen LogP contribution in [0.25, 0.3) is 0 Å². The van der Waals surface area contributed by atoms with E-state index in [4.69, 9.17) is 9.47 Å². The van der Waals surface area contributed by atoms with Gasteiger partial charge in [0.1, 0.15) is 0 Å². The smallest absolute Gasteiger partial charge is 0.335 e. The molecule has 1 rings (SSSR count). The Morgan fingerprint density at radius 3 is 2.62 bits per heavy atom. The maximum absolute atomic E-state index is 11.7. The Labute approximate surface area is 122 Å². The van der Waals surface area contributed by atoms with E-state index in [1.54, 1.807) is 24.3 Å². The van der Waals surface area contributed by atoms with Gasteiger partial charge in [-0.15, -0.1) is 6.58 Å². The van der Waals surface area contributed by atoms with Gasteiger partial charge in [-0.05, 0) is 24.1 Å². The van der Waals surface area contributed by atoms with Crippen LogP contribution in [0.4, 0.5) is 0 Å². The van der Waals surface area contributed by atoms with Crippen molar-refractivity contribution in [3.8, 4) is 11.5 Å². The van der Waals surface area contributed by atoms with Gasteiger partial charge in [0.25, 0.3) is 0 Å². The highest BCUT2D eigenvalue weighted by Gasteiger charge is 2.21. The normalized spacial score (nSPS) is 11.4. The molecule has 0 saturated carbocycles. The predicted molar refractivity (Wildman–Crippen MR) is 75.2 cm³/mol. The maximum atomic E-state index is 11.7. The van der Waals surface area contributed by atoms with Crippen molar-refractivity contribution in [3.63, 3.8) is 0 Å². The van der Waals surface area contributed by atoms with Crippen LogP contribution in [0.5, 0.6) is 11.5 Å². The van der Waals surface area contributed by atoms with Crippen molar-refractivity contribution in [2.75, 3.05) is 14.2 Å². The van der Waals surface area contributed by atoms with Gasteiger partial charge in [-0.3, -0.25) is 4.79 Å². The van der Waals surface area contributed by atoms with Gasteiger partial charge in [-0.25, -0.2) is 4.79 Å². The van der Waals surface area contributed by atoms with E-state index in [0.717, 1.165) is 12.7 Å². The highest BCUT2D eigenvalue weighted by atomic mass is 16.6. The zero-order valence-corrected chi connectivity index (χ0v) is 12.0. The van der Waals surface area contributed by atoms with Crippen molar-refractivity contribution in [1.29, 1.82) is 0 Å². The topological polar surface area (TPSA) is 82.1 Å². The largest absolute Gasteiger partial charge is 0.493 e. The van der Waals surface area contributed by atoms with E-state index in [-0.39, 0.29) is 5.75 Å². The molecule has 0 aliphatic rings. The summed E-state index contributed by atoms with van der Waals surface area (Å²) in [5.41, 5.74) is 0.955. The third-order valence-electron chi connectivity index (χ3n) is 2.67. The quantitative estimate of drug-likeness (QED) is 0.463. The number of carbonyl (C=O) groups excluding carboxylic acids is 2. The number of benzene rings is 1. The summed E-state index contributed by atoms with van der Waals surface area (Å²) < 4.78 is 14.5. The van der Waals surface area contributed by atoms with Crippen LogP contribution in [0.1, 0.15) is 12.0 Å². The van der Waals surface area contributed by atoms with Gasteiger partial charge < -0.3 is 19.3 Å². The Morgan fingerprint density at radius 2 is 2.05 bits per heavy atom. The monoisotopic (exact) mass is 294 g/mol. The Kier molecular flexibility index (Phi) is 6.42. The number of hydrogen-bond acceptors (Lipinski definition) is 6. The molecule has 114 valence electrons. The first-order chi connectivity index (χ1) is 10.0. The second-order valence-electron chi connectivity index (χ2n) is 4.20. The highest BCUT2D eigenvalue weighted by Crippen LogP contribution is 2.28. The lowest BCUT2D eigenvalue weighted by molar-refractivity contribution is -0.154. The van der Waals surface area contributed by atoms with E-state index < -0.39 is 24.5 Å². The third-order valence-corrected chi connectivity index (χ3v) is 2.67. The summed E-state index contributed by atoms with van der Waals surface area (Å²) in [5, 5.41) is 9.39. The lowest BCUT2D eigenvalue weighted by Crippen LogP contribution is -2.27. The van der Waals surface area contributed by atoms with Gasteiger partial charge in [0.2, 0.25) is 0 Å². The molecule has 0 amide bonds. The van der Waals surface area contributed by atoms with Crippen LogP contribution >= 0.6 is 0 Å². The zero-order valence-electron chi connectivity index (χ0n) is 12.0. The van der Waals surface area contributed by atoms with Crippen LogP contribution in [-0.4, -0.2) is 37.4 Å². The van der Waals surface area contributed by atoms with Gasteiger partial charge >= 0.3 is 11.9 Å². The first kappa shape index (κ1) is 16.7. The Bertz CT molecular complexity index is 523. The molecule has 0 bridgehead atoms. The lowest BCUT2D eigenvalue weighted by atomic mass is 10.1. The van der Waals surface area contributed by atoms with E-state index in [1.807, 2.05) is 0 Å². The molecule has 0 aliphatic heterocycles. The number of hydrogen-bond donors (Lipinski definition) is 1. The molecule has 1 aromatic carbocycles. The number of ether oxygens (including phenoxy) is 3. The van der Waals surface area contributed by atoms with Crippen LogP contribution < -0.4 is 9.47 Å². The van der Waals surface area contributed by atoms with Crippen molar-refractivity contribution in [1.82, 2.24) is 0 Å². The van der Waals surface area contributed by atoms with Crippen LogP contribution in [0, 0.1) is 0 Å². The molecule has 1 atom stereocenters. The van der Waals surface area contributed by atoms with Crippen LogP contribution in [0.3, 0.4) is 0 Å². The first-order valence-corrected chi connectivity index (χ1v) is 6.26. The number of esters is 2. The van der Waals surface area contributed by atoms with E-state index >= 15 is 0 Å². The third kappa shape index (κ3) is 4.92. The van der Waals surface area contributed by atoms with Gasteiger partial charge in [-0.1, -0.05) is 12.1 Å². The zero-order chi connectivity index (χ0) is 15.8. The number of methoxy groups -OCH3 is 2. The van der Waals surface area contributed by atoms with E-state index in [9.17, 15) is 14.7 Å². The second kappa shape index (κ2) is 8.06. The molecule has 0 fully saturated rings. The predicted octanol–water partition coefficient (Wildman–Crippen LogP) is 1.25. The molecular weight excluding hydrogens is 276 g/mol. The Hall–Kier alpha value is -2.34. The Balaban J connectivity index is 2.75.